The second kappa shape index (κ2) is 9.06. The zero-order valence-electron chi connectivity index (χ0n) is 13.1. The number of unbranched alkanes of at least 4 members (excludes halogenated alkanes) is 4. The Hall–Kier alpha value is -2.06. The highest BCUT2D eigenvalue weighted by atomic mass is 16.5. The molecule has 0 radical (unpaired) electrons. The highest BCUT2D eigenvalue weighted by Crippen LogP contribution is 2.15. The van der Waals surface area contributed by atoms with E-state index in [-0.39, 0.29) is 0 Å². The predicted octanol–water partition coefficient (Wildman–Crippen LogP) is 4.09. The van der Waals surface area contributed by atoms with Crippen LogP contribution in [-0.4, -0.2) is 17.7 Å². The fourth-order valence-corrected chi connectivity index (χ4v) is 2.37. The minimum Gasteiger partial charge on any atom is -0.494 e. The maximum Gasteiger partial charge on any atom is 0.136 e. The minimum absolute atomic E-state index is 0.621. The highest BCUT2D eigenvalue weighted by molar-refractivity contribution is 5.59. The summed E-state index contributed by atoms with van der Waals surface area (Å²) in [5.41, 5.74) is 1.63. The van der Waals surface area contributed by atoms with Gasteiger partial charge in [0, 0.05) is 24.5 Å². The molecule has 0 saturated heterocycles. The van der Waals surface area contributed by atoms with Gasteiger partial charge in [-0.05, 0) is 38.0 Å². The quantitative estimate of drug-likeness (QED) is 0.509. The maximum absolute atomic E-state index is 10.5. The fourth-order valence-electron chi connectivity index (χ4n) is 2.37. The lowest BCUT2D eigenvalue weighted by atomic mass is 10.1. The number of aromatic nitrogens is 1. The van der Waals surface area contributed by atoms with E-state index in [2.05, 4.69) is 5.16 Å². The minimum atomic E-state index is 0.621. The molecule has 0 bridgehead atoms. The third kappa shape index (κ3) is 5.74. The van der Waals surface area contributed by atoms with Crippen LogP contribution in [0.3, 0.4) is 0 Å². The molecule has 1 aromatic rings. The summed E-state index contributed by atoms with van der Waals surface area (Å²) in [4.78, 5) is 10.5. The molecule has 0 aliphatic heterocycles. The molecule has 1 aliphatic rings. The number of aryl methyl sites for hydroxylation is 2. The molecule has 0 atom stereocenters. The van der Waals surface area contributed by atoms with Crippen molar-refractivity contribution in [2.45, 2.75) is 51.9 Å². The van der Waals surface area contributed by atoms with Gasteiger partial charge in [-0.2, -0.15) is 0 Å². The van der Waals surface area contributed by atoms with Crippen molar-refractivity contribution in [1.29, 1.82) is 0 Å². The van der Waals surface area contributed by atoms with E-state index in [9.17, 15) is 4.79 Å². The molecule has 1 aromatic heterocycles. The molecule has 0 unspecified atom stereocenters. The van der Waals surface area contributed by atoms with E-state index in [1.54, 1.807) is 6.08 Å². The van der Waals surface area contributed by atoms with Gasteiger partial charge in [-0.25, -0.2) is 4.79 Å². The van der Waals surface area contributed by atoms with Crippen molar-refractivity contribution >= 4 is 5.94 Å². The number of hydrogen-bond acceptors (Lipinski definition) is 4. The van der Waals surface area contributed by atoms with Crippen LogP contribution in [0.25, 0.3) is 0 Å². The summed E-state index contributed by atoms with van der Waals surface area (Å²) in [5, 5.41) is 3.89. The molecule has 0 fully saturated rings. The summed E-state index contributed by atoms with van der Waals surface area (Å²) in [6, 6.07) is 2.00. The van der Waals surface area contributed by atoms with Gasteiger partial charge in [-0.1, -0.05) is 24.4 Å². The number of carbonyl (C=O) groups excluding carboxylic acids is 1. The Morgan fingerprint density at radius 3 is 2.73 bits per heavy atom. The molecule has 118 valence electrons. The first-order valence-corrected chi connectivity index (χ1v) is 7.95. The van der Waals surface area contributed by atoms with Gasteiger partial charge in [0.25, 0.3) is 0 Å². The van der Waals surface area contributed by atoms with Crippen LogP contribution in [-0.2, 0) is 16.0 Å². The molecule has 1 aliphatic carbocycles. The van der Waals surface area contributed by atoms with E-state index >= 15 is 0 Å². The summed E-state index contributed by atoms with van der Waals surface area (Å²) in [6.07, 6.45) is 12.9. The Bertz CT molecular complexity index is 577. The van der Waals surface area contributed by atoms with Crippen molar-refractivity contribution in [3.8, 4) is 0 Å². The lowest BCUT2D eigenvalue weighted by molar-refractivity contribution is 0.215. The number of ether oxygens (including phenoxy) is 1. The molecule has 0 aromatic carbocycles. The average molecular weight is 301 g/mol. The Kier molecular flexibility index (Phi) is 6.72. The Balaban J connectivity index is 1.46. The van der Waals surface area contributed by atoms with E-state index in [0.29, 0.717) is 12.0 Å². The lowest BCUT2D eigenvalue weighted by Crippen LogP contribution is -1.97. The van der Waals surface area contributed by atoms with Gasteiger partial charge in [-0.3, -0.25) is 0 Å². The van der Waals surface area contributed by atoms with Crippen LogP contribution in [0.15, 0.2) is 40.1 Å². The topological polar surface area (TPSA) is 52.3 Å². The molecule has 0 spiro atoms. The average Bonchev–Trinajstić information content (AvgIpc) is 2.96. The Labute approximate surface area is 131 Å². The molecule has 0 amide bonds. The third-order valence-electron chi connectivity index (χ3n) is 3.62. The molecule has 22 heavy (non-hydrogen) atoms. The van der Waals surface area contributed by atoms with Crippen LogP contribution in [0.5, 0.6) is 0 Å². The smallest absolute Gasteiger partial charge is 0.136 e. The van der Waals surface area contributed by atoms with Crippen molar-refractivity contribution < 1.29 is 14.1 Å². The highest BCUT2D eigenvalue weighted by Gasteiger charge is 2.03. The molecular weight excluding hydrogens is 278 g/mol. The zero-order chi connectivity index (χ0) is 15.6. The van der Waals surface area contributed by atoms with E-state index in [1.165, 1.54) is 19.3 Å². The normalized spacial score (nSPS) is 13.9. The van der Waals surface area contributed by atoms with Crippen molar-refractivity contribution in [2.75, 3.05) is 6.61 Å². The van der Waals surface area contributed by atoms with Crippen molar-refractivity contribution in [1.82, 2.24) is 5.16 Å². The van der Waals surface area contributed by atoms with Crippen LogP contribution < -0.4 is 0 Å². The summed E-state index contributed by atoms with van der Waals surface area (Å²) < 4.78 is 10.8. The summed E-state index contributed by atoms with van der Waals surface area (Å²) >= 11 is 0. The first-order chi connectivity index (χ1) is 10.8. The zero-order valence-corrected chi connectivity index (χ0v) is 13.1. The van der Waals surface area contributed by atoms with Crippen molar-refractivity contribution in [2.24, 2.45) is 0 Å². The number of hydrogen-bond donors (Lipinski definition) is 0. The fraction of sp³-hybridized carbons (Fsp3) is 0.500. The van der Waals surface area contributed by atoms with Crippen LogP contribution in [0, 0.1) is 6.92 Å². The molecule has 2 rings (SSSR count). The largest absolute Gasteiger partial charge is 0.494 e. The molecule has 1 heterocycles. The first kappa shape index (κ1) is 16.3. The van der Waals surface area contributed by atoms with Gasteiger partial charge in [0.15, 0.2) is 0 Å². The third-order valence-corrected chi connectivity index (χ3v) is 3.62. The molecule has 4 heteroatoms. The van der Waals surface area contributed by atoms with Crippen molar-refractivity contribution in [3.63, 3.8) is 0 Å². The maximum atomic E-state index is 10.5. The second-order valence-electron chi connectivity index (χ2n) is 5.57. The van der Waals surface area contributed by atoms with Crippen LogP contribution >= 0.6 is 0 Å². The SMILES string of the molecule is Cc1cc(CCCCCCCOC2=CCC(=C=O)C=C2)on1. The predicted molar refractivity (Wildman–Crippen MR) is 85.0 cm³/mol. The van der Waals surface area contributed by atoms with Crippen LogP contribution in [0.4, 0.5) is 0 Å². The van der Waals surface area contributed by atoms with Gasteiger partial charge in [0.1, 0.15) is 17.5 Å². The van der Waals surface area contributed by atoms with Gasteiger partial charge in [0.2, 0.25) is 0 Å². The van der Waals surface area contributed by atoms with E-state index in [4.69, 9.17) is 9.26 Å². The van der Waals surface area contributed by atoms with Gasteiger partial charge < -0.3 is 9.26 Å². The van der Waals surface area contributed by atoms with E-state index in [0.717, 1.165) is 43.1 Å². The van der Waals surface area contributed by atoms with Crippen molar-refractivity contribution in [3.05, 3.63) is 47.1 Å². The van der Waals surface area contributed by atoms with Gasteiger partial charge in [0.05, 0.1) is 12.3 Å². The second-order valence-corrected chi connectivity index (χ2v) is 5.57. The first-order valence-electron chi connectivity index (χ1n) is 7.95. The summed E-state index contributed by atoms with van der Waals surface area (Å²) in [5.74, 6) is 3.75. The van der Waals surface area contributed by atoms with Gasteiger partial charge >= 0.3 is 0 Å². The van der Waals surface area contributed by atoms with E-state index < -0.39 is 0 Å². The van der Waals surface area contributed by atoms with Crippen LogP contribution in [0.2, 0.25) is 0 Å². The lowest BCUT2D eigenvalue weighted by Gasteiger charge is -2.09. The summed E-state index contributed by atoms with van der Waals surface area (Å²) in [7, 11) is 0. The van der Waals surface area contributed by atoms with Crippen LogP contribution in [0.1, 0.15) is 50.0 Å². The molecular formula is C18H23NO3. The standard InChI is InChI=1S/C18H23NO3/c1-15-13-18(22-19-15)7-5-3-2-4-6-12-21-17-10-8-16(14-20)9-11-17/h8,10-11,13H,2-7,9,12H2,1H3. The molecule has 0 N–H and O–H groups in total. The Morgan fingerprint density at radius 1 is 1.23 bits per heavy atom. The van der Waals surface area contributed by atoms with Gasteiger partial charge in [-0.15, -0.1) is 0 Å². The molecule has 0 saturated carbocycles. The number of rotatable bonds is 9. The number of allylic oxidation sites excluding steroid dienone is 4. The monoisotopic (exact) mass is 301 g/mol. The summed E-state index contributed by atoms with van der Waals surface area (Å²) in [6.45, 7) is 2.68. The molecule has 4 nitrogen and oxygen atoms in total. The Morgan fingerprint density at radius 2 is 2.05 bits per heavy atom. The van der Waals surface area contributed by atoms with E-state index in [1.807, 2.05) is 31.1 Å². The number of nitrogens with zero attached hydrogens (tertiary/aromatic N) is 1.